The van der Waals surface area contributed by atoms with Crippen LogP contribution < -0.4 is 11.3 Å². The van der Waals surface area contributed by atoms with E-state index >= 15 is 0 Å². The van der Waals surface area contributed by atoms with Crippen LogP contribution in [0.25, 0.3) is 0 Å². The third kappa shape index (κ3) is 3.62. The summed E-state index contributed by atoms with van der Waals surface area (Å²) in [5.74, 6) is 3.80. The van der Waals surface area contributed by atoms with Crippen molar-refractivity contribution in [3.63, 3.8) is 0 Å². The van der Waals surface area contributed by atoms with Gasteiger partial charge in [0.1, 0.15) is 17.5 Å². The normalized spacial score (nSPS) is 11.7. The van der Waals surface area contributed by atoms with Gasteiger partial charge >= 0.3 is 0 Å². The van der Waals surface area contributed by atoms with Gasteiger partial charge in [-0.1, -0.05) is 11.6 Å². The number of nitrogens with two attached hydrogens (primary N) is 1. The number of ether oxygens (including phenoxy) is 1. The molecule has 0 spiro atoms. The fourth-order valence-electron chi connectivity index (χ4n) is 1.16. The highest BCUT2D eigenvalue weighted by molar-refractivity contribution is 6.30. The Morgan fingerprint density at radius 1 is 1.47 bits per heavy atom. The van der Waals surface area contributed by atoms with Gasteiger partial charge in [-0.2, -0.15) is 0 Å². The van der Waals surface area contributed by atoms with E-state index < -0.39 is 11.6 Å². The summed E-state index contributed by atoms with van der Waals surface area (Å²) < 4.78 is 31.5. The van der Waals surface area contributed by atoms with Crippen molar-refractivity contribution >= 4 is 17.4 Å². The van der Waals surface area contributed by atoms with Gasteiger partial charge in [0.2, 0.25) is 0 Å². The number of hydrogen-bond donors (Lipinski definition) is 2. The monoisotopic (exact) mass is 263 g/mol. The molecule has 0 saturated heterocycles. The second kappa shape index (κ2) is 6.48. The lowest BCUT2D eigenvalue weighted by Gasteiger charge is -2.08. The number of aliphatic imine (C=N–C) groups is 1. The largest absolute Gasteiger partial charge is 0.383 e. The van der Waals surface area contributed by atoms with Gasteiger partial charge in [0.05, 0.1) is 23.7 Å². The Kier molecular flexibility index (Phi) is 5.27. The number of benzene rings is 1. The summed E-state index contributed by atoms with van der Waals surface area (Å²) in [6.45, 7) is 0.628. The minimum atomic E-state index is -0.738. The van der Waals surface area contributed by atoms with E-state index in [1.165, 1.54) is 7.11 Å². The summed E-state index contributed by atoms with van der Waals surface area (Å²) >= 11 is 5.43. The molecule has 0 amide bonds. The molecule has 0 fully saturated rings. The first-order chi connectivity index (χ1) is 8.10. The molecule has 17 heavy (non-hydrogen) atoms. The van der Waals surface area contributed by atoms with Gasteiger partial charge in [-0.3, -0.25) is 4.99 Å². The molecule has 7 heteroatoms. The van der Waals surface area contributed by atoms with Crippen molar-refractivity contribution in [2.75, 3.05) is 20.3 Å². The fraction of sp³-hybridized carbons (Fsp3) is 0.300. The Bertz CT molecular complexity index is 426. The van der Waals surface area contributed by atoms with Crippen molar-refractivity contribution in [3.8, 4) is 0 Å². The molecule has 0 aliphatic rings. The predicted molar refractivity (Wildman–Crippen MR) is 62.0 cm³/mol. The number of halogens is 3. The number of nitrogens with one attached hydrogen (secondary N) is 1. The number of methoxy groups -OCH3 is 1. The minimum Gasteiger partial charge on any atom is -0.383 e. The van der Waals surface area contributed by atoms with Crippen LogP contribution in [0.3, 0.4) is 0 Å². The Hall–Kier alpha value is -1.24. The fourth-order valence-corrected chi connectivity index (χ4v) is 1.31. The van der Waals surface area contributed by atoms with Gasteiger partial charge in [0.25, 0.3) is 0 Å². The van der Waals surface area contributed by atoms with Gasteiger partial charge in [0, 0.05) is 7.11 Å². The van der Waals surface area contributed by atoms with Crippen LogP contribution in [0.4, 0.5) is 8.78 Å². The molecule has 0 aromatic heterocycles. The van der Waals surface area contributed by atoms with Gasteiger partial charge in [-0.15, -0.1) is 0 Å². The lowest BCUT2D eigenvalue weighted by Crippen LogP contribution is -2.32. The molecule has 0 bridgehead atoms. The van der Waals surface area contributed by atoms with Crippen molar-refractivity contribution in [2.45, 2.75) is 0 Å². The number of hydrazine groups is 1. The van der Waals surface area contributed by atoms with Crippen LogP contribution in [-0.2, 0) is 4.74 Å². The maximum absolute atomic E-state index is 13.5. The molecule has 0 unspecified atom stereocenters. The zero-order valence-corrected chi connectivity index (χ0v) is 9.89. The van der Waals surface area contributed by atoms with Crippen molar-refractivity contribution in [2.24, 2.45) is 10.8 Å². The van der Waals surface area contributed by atoms with Gasteiger partial charge in [-0.25, -0.2) is 14.6 Å². The van der Waals surface area contributed by atoms with Crippen molar-refractivity contribution in [1.29, 1.82) is 0 Å². The molecule has 1 aromatic rings. The second-order valence-electron chi connectivity index (χ2n) is 3.11. The van der Waals surface area contributed by atoms with E-state index in [2.05, 4.69) is 10.4 Å². The Labute approximate surface area is 102 Å². The molecule has 0 aliphatic heterocycles. The van der Waals surface area contributed by atoms with Crippen LogP contribution in [0.5, 0.6) is 0 Å². The summed E-state index contributed by atoms with van der Waals surface area (Å²) in [5, 5.41) is -0.292. The molecule has 4 nitrogen and oxygen atoms in total. The Morgan fingerprint density at radius 2 is 2.18 bits per heavy atom. The SMILES string of the molecule is COCCN=C(NN)c1cc(F)c(Cl)cc1F. The van der Waals surface area contributed by atoms with E-state index in [9.17, 15) is 8.78 Å². The first-order valence-electron chi connectivity index (χ1n) is 4.75. The highest BCUT2D eigenvalue weighted by Gasteiger charge is 2.12. The molecule has 1 rings (SSSR count). The molecule has 0 atom stereocenters. The molecule has 94 valence electrons. The van der Waals surface area contributed by atoms with E-state index in [4.69, 9.17) is 22.2 Å². The third-order valence-corrected chi connectivity index (χ3v) is 2.26. The summed E-state index contributed by atoms with van der Waals surface area (Å²) in [6.07, 6.45) is 0. The molecule has 0 aliphatic carbocycles. The summed E-state index contributed by atoms with van der Waals surface area (Å²) in [5.41, 5.74) is 2.13. The number of hydrogen-bond acceptors (Lipinski definition) is 3. The predicted octanol–water partition coefficient (Wildman–Crippen LogP) is 1.47. The van der Waals surface area contributed by atoms with Crippen molar-refractivity contribution in [3.05, 3.63) is 34.4 Å². The van der Waals surface area contributed by atoms with Gasteiger partial charge < -0.3 is 10.2 Å². The quantitative estimate of drug-likeness (QED) is 0.216. The van der Waals surface area contributed by atoms with Crippen molar-refractivity contribution in [1.82, 2.24) is 5.43 Å². The number of rotatable bonds is 4. The van der Waals surface area contributed by atoms with E-state index in [-0.39, 0.29) is 23.0 Å². The highest BCUT2D eigenvalue weighted by Crippen LogP contribution is 2.19. The molecule has 3 N–H and O–H groups in total. The standard InChI is InChI=1S/C10H12ClF2N3O/c1-17-3-2-15-10(16-14)6-4-9(13)7(11)5-8(6)12/h4-5H,2-3,14H2,1H3,(H,15,16). The maximum Gasteiger partial charge on any atom is 0.145 e. The van der Waals surface area contributed by atoms with Crippen LogP contribution in [0.1, 0.15) is 5.56 Å². The van der Waals surface area contributed by atoms with E-state index in [0.29, 0.717) is 6.61 Å². The lowest BCUT2D eigenvalue weighted by molar-refractivity contribution is 0.208. The Morgan fingerprint density at radius 3 is 2.76 bits per heavy atom. The summed E-state index contributed by atoms with van der Waals surface area (Å²) in [6, 6.07) is 1.80. The van der Waals surface area contributed by atoms with Crippen LogP contribution in [-0.4, -0.2) is 26.1 Å². The van der Waals surface area contributed by atoms with Crippen LogP contribution in [0.2, 0.25) is 5.02 Å². The number of nitrogens with zero attached hydrogens (tertiary/aromatic N) is 1. The Balaban J connectivity index is 3.03. The van der Waals surface area contributed by atoms with E-state index in [0.717, 1.165) is 12.1 Å². The first kappa shape index (κ1) is 13.8. The van der Waals surface area contributed by atoms with E-state index in [1.54, 1.807) is 0 Å². The lowest BCUT2D eigenvalue weighted by atomic mass is 10.2. The molecule has 0 heterocycles. The topological polar surface area (TPSA) is 59.6 Å². The zero-order valence-electron chi connectivity index (χ0n) is 9.14. The molecular formula is C10H12ClF2N3O. The van der Waals surface area contributed by atoms with Crippen molar-refractivity contribution < 1.29 is 13.5 Å². The summed E-state index contributed by atoms with van der Waals surface area (Å²) in [7, 11) is 1.51. The molecular weight excluding hydrogens is 252 g/mol. The molecule has 1 aromatic carbocycles. The van der Waals surface area contributed by atoms with Crippen LogP contribution >= 0.6 is 11.6 Å². The minimum absolute atomic E-state index is 0.0371. The van der Waals surface area contributed by atoms with Crippen LogP contribution in [0, 0.1) is 11.6 Å². The summed E-state index contributed by atoms with van der Waals surface area (Å²) in [4.78, 5) is 3.94. The molecule has 0 saturated carbocycles. The van der Waals surface area contributed by atoms with Gasteiger partial charge in [0.15, 0.2) is 0 Å². The smallest absolute Gasteiger partial charge is 0.145 e. The highest BCUT2D eigenvalue weighted by atomic mass is 35.5. The van der Waals surface area contributed by atoms with Gasteiger partial charge in [-0.05, 0) is 12.1 Å². The maximum atomic E-state index is 13.5. The molecule has 0 radical (unpaired) electrons. The second-order valence-corrected chi connectivity index (χ2v) is 3.52. The number of amidine groups is 1. The zero-order chi connectivity index (χ0) is 12.8. The van der Waals surface area contributed by atoms with Crippen LogP contribution in [0.15, 0.2) is 17.1 Å². The van der Waals surface area contributed by atoms with E-state index in [1.807, 2.05) is 0 Å². The third-order valence-electron chi connectivity index (χ3n) is 1.97. The first-order valence-corrected chi connectivity index (χ1v) is 5.13. The average molecular weight is 264 g/mol. The average Bonchev–Trinajstić information content (AvgIpc) is 2.30.